The molecule has 0 amide bonds. The van der Waals surface area contributed by atoms with E-state index in [0.717, 1.165) is 36.4 Å². The Morgan fingerprint density at radius 1 is 1.28 bits per heavy atom. The Kier molecular flexibility index (Phi) is 3.34. The zero-order chi connectivity index (χ0) is 12.4. The van der Waals surface area contributed by atoms with E-state index in [2.05, 4.69) is 17.5 Å². The van der Waals surface area contributed by atoms with Gasteiger partial charge in [0.2, 0.25) is 0 Å². The third-order valence-corrected chi connectivity index (χ3v) is 4.68. The molecule has 2 aliphatic rings. The van der Waals surface area contributed by atoms with Gasteiger partial charge in [0.15, 0.2) is 0 Å². The number of benzene rings is 1. The highest BCUT2D eigenvalue weighted by Crippen LogP contribution is 2.47. The van der Waals surface area contributed by atoms with Gasteiger partial charge in [-0.25, -0.2) is 0 Å². The van der Waals surface area contributed by atoms with Crippen LogP contribution in [0.2, 0.25) is 0 Å². The Bertz CT molecular complexity index is 460. The average molecular weight is 240 g/mol. The molecule has 0 saturated heterocycles. The lowest BCUT2D eigenvalue weighted by molar-refractivity contribution is 0.318. The van der Waals surface area contributed by atoms with Gasteiger partial charge in [-0.15, -0.1) is 0 Å². The number of rotatable bonds is 4. The van der Waals surface area contributed by atoms with E-state index < -0.39 is 0 Å². The van der Waals surface area contributed by atoms with Crippen molar-refractivity contribution < 1.29 is 0 Å². The lowest BCUT2D eigenvalue weighted by Gasteiger charge is -2.21. The van der Waals surface area contributed by atoms with Crippen molar-refractivity contribution in [3.8, 4) is 6.07 Å². The second-order valence-corrected chi connectivity index (χ2v) is 5.88. The molecule has 0 heterocycles. The van der Waals surface area contributed by atoms with Gasteiger partial charge in [0, 0.05) is 6.54 Å². The normalized spacial score (nSPS) is 29.4. The lowest BCUT2D eigenvalue weighted by atomic mass is 9.89. The smallest absolute Gasteiger partial charge is 0.0991 e. The molecule has 3 unspecified atom stereocenters. The molecule has 2 nitrogen and oxygen atoms in total. The van der Waals surface area contributed by atoms with E-state index >= 15 is 0 Å². The Morgan fingerprint density at radius 2 is 2.22 bits per heavy atom. The van der Waals surface area contributed by atoms with Gasteiger partial charge in [0.25, 0.3) is 0 Å². The minimum Gasteiger partial charge on any atom is -0.312 e. The Balaban J connectivity index is 1.48. The first-order valence-corrected chi connectivity index (χ1v) is 7.05. The van der Waals surface area contributed by atoms with Gasteiger partial charge in [-0.2, -0.15) is 5.26 Å². The van der Waals surface area contributed by atoms with Crippen molar-refractivity contribution >= 4 is 0 Å². The standard InChI is InChI=1S/C16H20N2/c17-9-13-2-1-3-14(6-13)10-18-11-16-8-12-4-5-15(16)7-12/h1-3,6,12,15-16,18H,4-5,7-8,10-11H2. The maximum atomic E-state index is 8.86. The third-order valence-electron chi connectivity index (χ3n) is 4.68. The van der Waals surface area contributed by atoms with E-state index in [9.17, 15) is 0 Å². The second kappa shape index (κ2) is 5.12. The number of hydrogen-bond donors (Lipinski definition) is 1. The molecule has 1 aromatic rings. The Labute approximate surface area is 109 Å². The van der Waals surface area contributed by atoms with E-state index in [-0.39, 0.29) is 0 Å². The fourth-order valence-corrected chi connectivity index (χ4v) is 3.78. The van der Waals surface area contributed by atoms with Crippen LogP contribution in [-0.4, -0.2) is 6.54 Å². The van der Waals surface area contributed by atoms with Crippen LogP contribution in [0.3, 0.4) is 0 Å². The molecule has 2 bridgehead atoms. The first-order valence-electron chi connectivity index (χ1n) is 7.05. The van der Waals surface area contributed by atoms with Crippen LogP contribution in [0.5, 0.6) is 0 Å². The van der Waals surface area contributed by atoms with Gasteiger partial charge in [-0.3, -0.25) is 0 Å². The molecule has 3 rings (SSSR count). The molecule has 94 valence electrons. The van der Waals surface area contributed by atoms with E-state index in [1.54, 1.807) is 0 Å². The van der Waals surface area contributed by atoms with Crippen LogP contribution < -0.4 is 5.32 Å². The summed E-state index contributed by atoms with van der Waals surface area (Å²) in [6.45, 7) is 2.04. The lowest BCUT2D eigenvalue weighted by Crippen LogP contribution is -2.26. The van der Waals surface area contributed by atoms with Crippen LogP contribution in [0.1, 0.15) is 36.8 Å². The van der Waals surface area contributed by atoms with E-state index in [1.807, 2.05) is 18.2 Å². The van der Waals surface area contributed by atoms with Gasteiger partial charge >= 0.3 is 0 Å². The van der Waals surface area contributed by atoms with Crippen molar-refractivity contribution in [1.82, 2.24) is 5.32 Å². The minimum absolute atomic E-state index is 0.759. The molecule has 0 aliphatic heterocycles. The van der Waals surface area contributed by atoms with Gasteiger partial charge < -0.3 is 5.32 Å². The monoisotopic (exact) mass is 240 g/mol. The zero-order valence-electron chi connectivity index (χ0n) is 10.7. The highest BCUT2D eigenvalue weighted by atomic mass is 14.9. The number of fused-ring (bicyclic) bond motifs is 2. The largest absolute Gasteiger partial charge is 0.312 e. The van der Waals surface area contributed by atoms with E-state index in [4.69, 9.17) is 5.26 Å². The second-order valence-electron chi connectivity index (χ2n) is 5.88. The van der Waals surface area contributed by atoms with Gasteiger partial charge in [-0.05, 0) is 61.3 Å². The molecule has 2 heteroatoms. The maximum absolute atomic E-state index is 8.86. The molecule has 2 aliphatic carbocycles. The van der Waals surface area contributed by atoms with Crippen molar-refractivity contribution in [1.29, 1.82) is 5.26 Å². The molecule has 0 aromatic heterocycles. The predicted octanol–water partition coefficient (Wildman–Crippen LogP) is 3.08. The van der Waals surface area contributed by atoms with Crippen molar-refractivity contribution in [3.05, 3.63) is 35.4 Å². The molecule has 3 atom stereocenters. The summed E-state index contributed by atoms with van der Waals surface area (Å²) in [5, 5.41) is 12.4. The van der Waals surface area contributed by atoms with Gasteiger partial charge in [0.05, 0.1) is 11.6 Å². The molecular weight excluding hydrogens is 220 g/mol. The van der Waals surface area contributed by atoms with Crippen LogP contribution in [0.15, 0.2) is 24.3 Å². The fourth-order valence-electron chi connectivity index (χ4n) is 3.78. The van der Waals surface area contributed by atoms with Crippen LogP contribution in [0, 0.1) is 29.1 Å². The van der Waals surface area contributed by atoms with Crippen LogP contribution in [0.4, 0.5) is 0 Å². The summed E-state index contributed by atoms with van der Waals surface area (Å²) in [4.78, 5) is 0. The van der Waals surface area contributed by atoms with Gasteiger partial charge in [-0.1, -0.05) is 18.6 Å². The van der Waals surface area contributed by atoms with Gasteiger partial charge in [0.1, 0.15) is 0 Å². The zero-order valence-corrected chi connectivity index (χ0v) is 10.7. The molecule has 2 saturated carbocycles. The minimum atomic E-state index is 0.759. The van der Waals surface area contributed by atoms with Crippen molar-refractivity contribution in [2.45, 2.75) is 32.2 Å². The summed E-state index contributed by atoms with van der Waals surface area (Å²) < 4.78 is 0. The van der Waals surface area contributed by atoms with Crippen molar-refractivity contribution in [2.75, 3.05) is 6.54 Å². The van der Waals surface area contributed by atoms with Crippen molar-refractivity contribution in [3.63, 3.8) is 0 Å². The first kappa shape index (κ1) is 11.7. The summed E-state index contributed by atoms with van der Waals surface area (Å²) in [6, 6.07) is 10.1. The summed E-state index contributed by atoms with van der Waals surface area (Å²) >= 11 is 0. The highest BCUT2D eigenvalue weighted by molar-refractivity contribution is 5.32. The van der Waals surface area contributed by atoms with Crippen LogP contribution >= 0.6 is 0 Å². The maximum Gasteiger partial charge on any atom is 0.0991 e. The van der Waals surface area contributed by atoms with Crippen LogP contribution in [-0.2, 0) is 6.54 Å². The highest BCUT2D eigenvalue weighted by Gasteiger charge is 2.38. The predicted molar refractivity (Wildman–Crippen MR) is 71.8 cm³/mol. The Morgan fingerprint density at radius 3 is 2.94 bits per heavy atom. The summed E-state index contributed by atoms with van der Waals surface area (Å²) in [5.41, 5.74) is 1.98. The molecule has 1 aromatic carbocycles. The van der Waals surface area contributed by atoms with E-state index in [0.29, 0.717) is 0 Å². The summed E-state index contributed by atoms with van der Waals surface area (Å²) in [6.07, 6.45) is 5.86. The molecule has 0 spiro atoms. The first-order chi connectivity index (χ1) is 8.85. The fraction of sp³-hybridized carbons (Fsp3) is 0.562. The molecule has 1 N–H and O–H groups in total. The average Bonchev–Trinajstić information content (AvgIpc) is 3.01. The number of nitrogens with one attached hydrogen (secondary N) is 1. The van der Waals surface area contributed by atoms with Crippen LogP contribution in [0.25, 0.3) is 0 Å². The molecule has 18 heavy (non-hydrogen) atoms. The number of hydrogen-bond acceptors (Lipinski definition) is 2. The quantitative estimate of drug-likeness (QED) is 0.878. The third kappa shape index (κ3) is 2.42. The number of nitriles is 1. The van der Waals surface area contributed by atoms with E-state index in [1.165, 1.54) is 31.2 Å². The molecular formula is C16H20N2. The summed E-state index contributed by atoms with van der Waals surface area (Å²) in [7, 11) is 0. The topological polar surface area (TPSA) is 35.8 Å². The van der Waals surface area contributed by atoms with Crippen molar-refractivity contribution in [2.24, 2.45) is 17.8 Å². The molecule has 0 radical (unpaired) electrons. The molecule has 2 fully saturated rings. The SMILES string of the molecule is N#Cc1cccc(CNCC2CC3CCC2C3)c1. The Hall–Kier alpha value is -1.33. The summed E-state index contributed by atoms with van der Waals surface area (Å²) in [5.74, 6) is 2.93. The number of nitrogens with zero attached hydrogens (tertiary/aromatic N) is 1.